The molecule has 2 N–H and O–H groups in total. The van der Waals surface area contributed by atoms with E-state index in [1.807, 2.05) is 0 Å². The summed E-state index contributed by atoms with van der Waals surface area (Å²) in [5, 5.41) is 0. The molecule has 2 aliphatic carbocycles. The first-order valence-corrected chi connectivity index (χ1v) is 5.72. The van der Waals surface area contributed by atoms with Gasteiger partial charge in [-0.25, -0.2) is 0 Å². The minimum absolute atomic E-state index is 0.160. The number of esters is 1. The maximum Gasteiger partial charge on any atom is 0.323 e. The van der Waals surface area contributed by atoms with Gasteiger partial charge in [0.2, 0.25) is 0 Å². The summed E-state index contributed by atoms with van der Waals surface area (Å²) in [6, 6.07) is -0.372. The Morgan fingerprint density at radius 3 is 2.50 bits per heavy atom. The largest absolute Gasteiger partial charge is 0.461 e. The lowest BCUT2D eigenvalue weighted by atomic mass is 10.1. The van der Waals surface area contributed by atoms with Crippen molar-refractivity contribution in [1.29, 1.82) is 0 Å². The minimum Gasteiger partial charge on any atom is -0.461 e. The molecule has 3 nitrogen and oxygen atoms in total. The number of hydrogen-bond acceptors (Lipinski definition) is 3. The van der Waals surface area contributed by atoms with E-state index < -0.39 is 0 Å². The third kappa shape index (κ3) is 2.71. The first-order chi connectivity index (χ1) is 6.75. The zero-order valence-electron chi connectivity index (χ0n) is 8.58. The van der Waals surface area contributed by atoms with Crippen LogP contribution in [0.1, 0.15) is 44.9 Å². The topological polar surface area (TPSA) is 52.3 Å². The Hall–Kier alpha value is -0.570. The molecule has 0 aromatic carbocycles. The molecule has 0 aromatic rings. The zero-order chi connectivity index (χ0) is 9.97. The van der Waals surface area contributed by atoms with Gasteiger partial charge in [-0.2, -0.15) is 0 Å². The normalized spacial score (nSPS) is 24.9. The van der Waals surface area contributed by atoms with Crippen LogP contribution in [0.15, 0.2) is 0 Å². The van der Waals surface area contributed by atoms with Gasteiger partial charge in [0, 0.05) is 0 Å². The van der Waals surface area contributed by atoms with Gasteiger partial charge in [0.25, 0.3) is 0 Å². The van der Waals surface area contributed by atoms with Crippen molar-refractivity contribution in [2.75, 3.05) is 0 Å². The molecule has 2 aliphatic rings. The monoisotopic (exact) mass is 197 g/mol. The smallest absolute Gasteiger partial charge is 0.323 e. The van der Waals surface area contributed by atoms with Gasteiger partial charge in [-0.15, -0.1) is 0 Å². The SMILES string of the molecule is N[C@H](CC1CC1)C(=O)OC1CCCC1. The molecule has 80 valence electrons. The maximum absolute atomic E-state index is 11.5. The lowest BCUT2D eigenvalue weighted by Crippen LogP contribution is -2.34. The first-order valence-electron chi connectivity index (χ1n) is 5.72. The van der Waals surface area contributed by atoms with Gasteiger partial charge >= 0.3 is 5.97 Å². The van der Waals surface area contributed by atoms with Crippen LogP contribution in [0.4, 0.5) is 0 Å². The van der Waals surface area contributed by atoms with E-state index in [0.29, 0.717) is 5.92 Å². The summed E-state index contributed by atoms with van der Waals surface area (Å²) in [5.74, 6) is 0.518. The van der Waals surface area contributed by atoms with Crippen LogP contribution in [-0.4, -0.2) is 18.1 Å². The molecular formula is C11H19NO2. The molecule has 2 saturated carbocycles. The highest BCUT2D eigenvalue weighted by molar-refractivity contribution is 5.75. The summed E-state index contributed by atoms with van der Waals surface area (Å²) in [4.78, 5) is 11.5. The molecule has 0 amide bonds. The van der Waals surface area contributed by atoms with Crippen LogP contribution >= 0.6 is 0 Å². The van der Waals surface area contributed by atoms with E-state index in [2.05, 4.69) is 0 Å². The Labute approximate surface area is 85.0 Å². The summed E-state index contributed by atoms with van der Waals surface area (Å²) in [5.41, 5.74) is 5.76. The number of carbonyl (C=O) groups is 1. The van der Waals surface area contributed by atoms with Crippen LogP contribution < -0.4 is 5.73 Å². The number of hydrogen-bond donors (Lipinski definition) is 1. The number of ether oxygens (including phenoxy) is 1. The first kappa shape index (κ1) is 9.97. The molecule has 0 unspecified atom stereocenters. The highest BCUT2D eigenvalue weighted by atomic mass is 16.5. The van der Waals surface area contributed by atoms with E-state index in [0.717, 1.165) is 19.3 Å². The predicted octanol–water partition coefficient (Wildman–Crippen LogP) is 1.60. The molecule has 1 atom stereocenters. The van der Waals surface area contributed by atoms with E-state index in [1.165, 1.54) is 25.7 Å². The Balaban J connectivity index is 1.69. The second-order valence-electron chi connectivity index (χ2n) is 4.63. The fourth-order valence-electron chi connectivity index (χ4n) is 2.07. The van der Waals surface area contributed by atoms with Crippen LogP contribution in [-0.2, 0) is 9.53 Å². The lowest BCUT2D eigenvalue weighted by molar-refractivity contribution is -0.150. The second kappa shape index (κ2) is 4.30. The molecular weight excluding hydrogens is 178 g/mol. The van der Waals surface area contributed by atoms with Gasteiger partial charge in [-0.1, -0.05) is 12.8 Å². The average Bonchev–Trinajstić information content (AvgIpc) is 2.81. The van der Waals surface area contributed by atoms with E-state index in [9.17, 15) is 4.79 Å². The molecule has 14 heavy (non-hydrogen) atoms. The molecule has 0 saturated heterocycles. The van der Waals surface area contributed by atoms with E-state index in [4.69, 9.17) is 10.5 Å². The summed E-state index contributed by atoms with van der Waals surface area (Å²) in [6.45, 7) is 0. The van der Waals surface area contributed by atoms with Gasteiger partial charge in [-0.3, -0.25) is 4.79 Å². The fraction of sp³-hybridized carbons (Fsp3) is 0.909. The Morgan fingerprint density at radius 2 is 1.93 bits per heavy atom. The number of carbonyl (C=O) groups excluding carboxylic acids is 1. The number of rotatable bonds is 4. The minimum atomic E-state index is -0.372. The van der Waals surface area contributed by atoms with Gasteiger partial charge in [0.05, 0.1) is 0 Å². The standard InChI is InChI=1S/C11H19NO2/c12-10(7-8-5-6-8)11(13)14-9-3-1-2-4-9/h8-10H,1-7,12H2/t10-/m1/s1. The Bertz CT molecular complexity index is 207. The summed E-state index contributed by atoms with van der Waals surface area (Å²) >= 11 is 0. The maximum atomic E-state index is 11.5. The van der Waals surface area contributed by atoms with Crippen LogP contribution in [0.5, 0.6) is 0 Å². The van der Waals surface area contributed by atoms with Gasteiger partial charge < -0.3 is 10.5 Å². The van der Waals surface area contributed by atoms with E-state index in [-0.39, 0.29) is 18.1 Å². The van der Waals surface area contributed by atoms with Crippen LogP contribution in [0.3, 0.4) is 0 Å². The zero-order valence-corrected chi connectivity index (χ0v) is 8.58. The van der Waals surface area contributed by atoms with Crippen LogP contribution in [0, 0.1) is 5.92 Å². The van der Waals surface area contributed by atoms with Crippen molar-refractivity contribution >= 4 is 5.97 Å². The van der Waals surface area contributed by atoms with Crippen molar-refractivity contribution in [3.05, 3.63) is 0 Å². The second-order valence-corrected chi connectivity index (χ2v) is 4.63. The third-order valence-electron chi connectivity index (χ3n) is 3.17. The molecule has 2 fully saturated rings. The molecule has 0 aromatic heterocycles. The molecule has 0 aliphatic heterocycles. The average molecular weight is 197 g/mol. The molecule has 0 bridgehead atoms. The van der Waals surface area contributed by atoms with Crippen LogP contribution in [0.25, 0.3) is 0 Å². The summed E-state index contributed by atoms with van der Waals surface area (Å²) in [7, 11) is 0. The van der Waals surface area contributed by atoms with Crippen molar-refractivity contribution in [2.45, 2.75) is 57.1 Å². The fourth-order valence-corrected chi connectivity index (χ4v) is 2.07. The van der Waals surface area contributed by atoms with E-state index in [1.54, 1.807) is 0 Å². The quantitative estimate of drug-likeness (QED) is 0.696. The van der Waals surface area contributed by atoms with Crippen molar-refractivity contribution in [1.82, 2.24) is 0 Å². The van der Waals surface area contributed by atoms with Crippen LogP contribution in [0.2, 0.25) is 0 Å². The summed E-state index contributed by atoms with van der Waals surface area (Å²) < 4.78 is 5.34. The molecule has 0 heterocycles. The molecule has 0 spiro atoms. The Kier molecular flexibility index (Phi) is 3.06. The van der Waals surface area contributed by atoms with Gasteiger partial charge in [0.1, 0.15) is 12.1 Å². The van der Waals surface area contributed by atoms with Crippen molar-refractivity contribution in [2.24, 2.45) is 11.7 Å². The summed E-state index contributed by atoms with van der Waals surface area (Å²) in [6.07, 6.45) is 7.91. The molecule has 3 heteroatoms. The van der Waals surface area contributed by atoms with Gasteiger partial charge in [-0.05, 0) is 38.0 Å². The number of nitrogens with two attached hydrogens (primary N) is 1. The molecule has 2 rings (SSSR count). The van der Waals surface area contributed by atoms with Crippen molar-refractivity contribution < 1.29 is 9.53 Å². The molecule has 0 radical (unpaired) electrons. The predicted molar refractivity (Wildman–Crippen MR) is 53.7 cm³/mol. The highest BCUT2D eigenvalue weighted by Crippen LogP contribution is 2.33. The third-order valence-corrected chi connectivity index (χ3v) is 3.17. The lowest BCUT2D eigenvalue weighted by Gasteiger charge is -2.15. The van der Waals surface area contributed by atoms with Crippen molar-refractivity contribution in [3.63, 3.8) is 0 Å². The Morgan fingerprint density at radius 1 is 1.29 bits per heavy atom. The van der Waals surface area contributed by atoms with E-state index >= 15 is 0 Å². The van der Waals surface area contributed by atoms with Gasteiger partial charge in [0.15, 0.2) is 0 Å². The highest BCUT2D eigenvalue weighted by Gasteiger charge is 2.29. The van der Waals surface area contributed by atoms with Crippen molar-refractivity contribution in [3.8, 4) is 0 Å².